The molecule has 1 saturated heterocycles. The van der Waals surface area contributed by atoms with Crippen molar-refractivity contribution in [2.45, 2.75) is 24.0 Å². The predicted molar refractivity (Wildman–Crippen MR) is 72.1 cm³/mol. The van der Waals surface area contributed by atoms with Crippen molar-refractivity contribution in [3.63, 3.8) is 0 Å². The van der Waals surface area contributed by atoms with Gasteiger partial charge in [-0.05, 0) is 19.1 Å². The molecule has 1 aliphatic rings. The molecule has 6 heteroatoms. The molecule has 1 aromatic rings. The zero-order chi connectivity index (χ0) is 12.8. The van der Waals surface area contributed by atoms with E-state index >= 15 is 0 Å². The average molecular weight is 269 g/mol. The SMILES string of the molecule is CSc1cc(N2CCC(OCCO)CC2)ncn1. The number of aliphatic hydroxyl groups is 1. The highest BCUT2D eigenvalue weighted by Gasteiger charge is 2.20. The Morgan fingerprint density at radius 2 is 2.22 bits per heavy atom. The minimum atomic E-state index is 0.100. The first-order valence-corrected chi connectivity index (χ1v) is 7.39. The van der Waals surface area contributed by atoms with Gasteiger partial charge in [0, 0.05) is 19.2 Å². The van der Waals surface area contributed by atoms with Crippen molar-refractivity contribution in [1.82, 2.24) is 9.97 Å². The van der Waals surface area contributed by atoms with Gasteiger partial charge in [0.05, 0.1) is 19.3 Å². The monoisotopic (exact) mass is 269 g/mol. The summed E-state index contributed by atoms with van der Waals surface area (Å²) in [4.78, 5) is 10.8. The third-order valence-electron chi connectivity index (χ3n) is 3.05. The lowest BCUT2D eigenvalue weighted by Crippen LogP contribution is -2.37. The molecule has 2 rings (SSSR count). The second-order valence-corrected chi connectivity index (χ2v) is 5.03. The highest BCUT2D eigenvalue weighted by atomic mass is 32.2. The molecule has 0 saturated carbocycles. The van der Waals surface area contributed by atoms with Crippen LogP contribution in [0.4, 0.5) is 5.82 Å². The summed E-state index contributed by atoms with van der Waals surface area (Å²) >= 11 is 1.63. The van der Waals surface area contributed by atoms with E-state index in [0.717, 1.165) is 36.8 Å². The molecule has 0 aromatic carbocycles. The molecule has 0 amide bonds. The number of nitrogens with zero attached hydrogens (tertiary/aromatic N) is 3. The van der Waals surface area contributed by atoms with Crippen LogP contribution in [0.25, 0.3) is 0 Å². The van der Waals surface area contributed by atoms with Crippen molar-refractivity contribution in [2.24, 2.45) is 0 Å². The first-order valence-electron chi connectivity index (χ1n) is 6.17. The zero-order valence-electron chi connectivity index (χ0n) is 10.6. The number of hydrogen-bond acceptors (Lipinski definition) is 6. The normalized spacial score (nSPS) is 17.1. The average Bonchev–Trinajstić information content (AvgIpc) is 2.46. The van der Waals surface area contributed by atoms with Crippen LogP contribution in [0.2, 0.25) is 0 Å². The fourth-order valence-electron chi connectivity index (χ4n) is 2.09. The molecule has 1 aromatic heterocycles. The number of piperidine rings is 1. The maximum absolute atomic E-state index is 8.73. The van der Waals surface area contributed by atoms with Gasteiger partial charge in [-0.3, -0.25) is 0 Å². The van der Waals surface area contributed by atoms with E-state index in [4.69, 9.17) is 9.84 Å². The number of aliphatic hydroxyl groups excluding tert-OH is 1. The molecule has 0 unspecified atom stereocenters. The minimum absolute atomic E-state index is 0.100. The second kappa shape index (κ2) is 6.92. The molecule has 0 radical (unpaired) electrons. The van der Waals surface area contributed by atoms with Crippen LogP contribution in [0.3, 0.4) is 0 Å². The van der Waals surface area contributed by atoms with Crippen LogP contribution < -0.4 is 4.90 Å². The van der Waals surface area contributed by atoms with Crippen LogP contribution in [0.1, 0.15) is 12.8 Å². The molecule has 2 heterocycles. The molecule has 0 bridgehead atoms. The van der Waals surface area contributed by atoms with Crippen LogP contribution in [0, 0.1) is 0 Å². The third kappa shape index (κ3) is 3.57. The van der Waals surface area contributed by atoms with E-state index in [1.165, 1.54) is 0 Å². The van der Waals surface area contributed by atoms with Gasteiger partial charge < -0.3 is 14.7 Å². The molecule has 100 valence electrons. The van der Waals surface area contributed by atoms with E-state index in [1.807, 2.05) is 12.3 Å². The van der Waals surface area contributed by atoms with Gasteiger partial charge in [-0.2, -0.15) is 0 Å². The summed E-state index contributed by atoms with van der Waals surface area (Å²) < 4.78 is 5.55. The summed E-state index contributed by atoms with van der Waals surface area (Å²) in [5.41, 5.74) is 0. The smallest absolute Gasteiger partial charge is 0.133 e. The Kier molecular flexibility index (Phi) is 5.22. The molecule has 1 N–H and O–H groups in total. The number of anilines is 1. The maximum atomic E-state index is 8.73. The van der Waals surface area contributed by atoms with Gasteiger partial charge in [-0.1, -0.05) is 0 Å². The standard InChI is InChI=1S/C12H19N3O2S/c1-18-12-8-11(13-9-14-12)15-4-2-10(3-5-15)17-7-6-16/h8-10,16H,2-7H2,1H3. The van der Waals surface area contributed by atoms with Crippen molar-refractivity contribution in [3.8, 4) is 0 Å². The Morgan fingerprint density at radius 3 is 2.89 bits per heavy atom. The fraction of sp³-hybridized carbons (Fsp3) is 0.667. The Labute approximate surface area is 112 Å². The molecular weight excluding hydrogens is 250 g/mol. The van der Waals surface area contributed by atoms with E-state index in [9.17, 15) is 0 Å². The van der Waals surface area contributed by atoms with Crippen LogP contribution in [-0.4, -0.2) is 53.7 Å². The molecular formula is C12H19N3O2S. The van der Waals surface area contributed by atoms with E-state index in [-0.39, 0.29) is 12.7 Å². The first kappa shape index (κ1) is 13.6. The molecule has 0 spiro atoms. The van der Waals surface area contributed by atoms with E-state index < -0.39 is 0 Å². The number of hydrogen-bond donors (Lipinski definition) is 1. The summed E-state index contributed by atoms with van der Waals surface area (Å²) in [5.74, 6) is 0.995. The Hall–Kier alpha value is -0.850. The van der Waals surface area contributed by atoms with Gasteiger partial charge in [0.2, 0.25) is 0 Å². The second-order valence-electron chi connectivity index (χ2n) is 4.20. The zero-order valence-corrected chi connectivity index (χ0v) is 11.4. The summed E-state index contributed by atoms with van der Waals surface area (Å²) in [6.45, 7) is 2.43. The number of aromatic nitrogens is 2. The minimum Gasteiger partial charge on any atom is -0.394 e. The molecule has 0 aliphatic carbocycles. The van der Waals surface area contributed by atoms with Gasteiger partial charge in [-0.25, -0.2) is 9.97 Å². The number of rotatable bonds is 5. The lowest BCUT2D eigenvalue weighted by Gasteiger charge is -2.32. The van der Waals surface area contributed by atoms with E-state index in [2.05, 4.69) is 14.9 Å². The van der Waals surface area contributed by atoms with Crippen molar-refractivity contribution < 1.29 is 9.84 Å². The van der Waals surface area contributed by atoms with Crippen molar-refractivity contribution in [1.29, 1.82) is 0 Å². The van der Waals surface area contributed by atoms with E-state index in [1.54, 1.807) is 18.1 Å². The summed E-state index contributed by atoms with van der Waals surface area (Å²) in [5, 5.41) is 9.73. The molecule has 1 fully saturated rings. The maximum Gasteiger partial charge on any atom is 0.133 e. The van der Waals surface area contributed by atoms with Gasteiger partial charge in [0.1, 0.15) is 17.2 Å². The van der Waals surface area contributed by atoms with Crippen LogP contribution in [0.5, 0.6) is 0 Å². The lowest BCUT2D eigenvalue weighted by atomic mass is 10.1. The molecule has 18 heavy (non-hydrogen) atoms. The molecule has 1 aliphatic heterocycles. The third-order valence-corrected chi connectivity index (χ3v) is 3.69. The summed E-state index contributed by atoms with van der Waals surface area (Å²) in [6, 6.07) is 2.03. The Balaban J connectivity index is 1.88. The van der Waals surface area contributed by atoms with Crippen molar-refractivity contribution in [2.75, 3.05) is 37.5 Å². The van der Waals surface area contributed by atoms with Crippen LogP contribution >= 0.6 is 11.8 Å². The summed E-state index contributed by atoms with van der Waals surface area (Å²) in [6.07, 6.45) is 5.88. The number of ether oxygens (including phenoxy) is 1. The van der Waals surface area contributed by atoms with Gasteiger partial charge in [-0.15, -0.1) is 11.8 Å². The summed E-state index contributed by atoms with van der Waals surface area (Å²) in [7, 11) is 0. The van der Waals surface area contributed by atoms with E-state index in [0.29, 0.717) is 6.61 Å². The molecule has 0 atom stereocenters. The predicted octanol–water partition coefficient (Wildman–Crippen LogP) is 1.18. The van der Waals surface area contributed by atoms with Gasteiger partial charge in [0.25, 0.3) is 0 Å². The quantitative estimate of drug-likeness (QED) is 0.640. The largest absolute Gasteiger partial charge is 0.394 e. The van der Waals surface area contributed by atoms with Crippen molar-refractivity contribution in [3.05, 3.63) is 12.4 Å². The Bertz CT molecular complexity index is 370. The highest BCUT2D eigenvalue weighted by molar-refractivity contribution is 7.98. The Morgan fingerprint density at radius 1 is 1.44 bits per heavy atom. The van der Waals surface area contributed by atoms with Crippen molar-refractivity contribution >= 4 is 17.6 Å². The topological polar surface area (TPSA) is 58.5 Å². The van der Waals surface area contributed by atoms with Crippen LogP contribution in [0.15, 0.2) is 17.4 Å². The molecule has 5 nitrogen and oxygen atoms in total. The van der Waals surface area contributed by atoms with Gasteiger partial charge >= 0.3 is 0 Å². The van der Waals surface area contributed by atoms with Gasteiger partial charge in [0.15, 0.2) is 0 Å². The fourth-order valence-corrected chi connectivity index (χ4v) is 2.46. The first-order chi connectivity index (χ1) is 8.83. The highest BCUT2D eigenvalue weighted by Crippen LogP contribution is 2.22. The number of thioether (sulfide) groups is 1. The van der Waals surface area contributed by atoms with Crippen LogP contribution in [-0.2, 0) is 4.74 Å². The lowest BCUT2D eigenvalue weighted by molar-refractivity contribution is 0.0158.